The second kappa shape index (κ2) is 4.97. The summed E-state index contributed by atoms with van der Waals surface area (Å²) in [4.78, 5) is 12.2. The molecule has 0 aliphatic carbocycles. The number of aromatic amines is 1. The first-order chi connectivity index (χ1) is 8.56. The lowest BCUT2D eigenvalue weighted by Crippen LogP contribution is -2.49. The molecule has 0 radical (unpaired) electrons. The maximum Gasteiger partial charge on any atom is 0.274 e. The number of amides is 1. The number of anilines is 1. The summed E-state index contributed by atoms with van der Waals surface area (Å²) < 4.78 is 5.30. The van der Waals surface area contributed by atoms with Crippen molar-refractivity contribution in [3.8, 4) is 0 Å². The molecular formula is C12H20N4O2. The molecule has 18 heavy (non-hydrogen) atoms. The number of hydrogen-bond donors (Lipinski definition) is 3. The highest BCUT2D eigenvalue weighted by molar-refractivity contribution is 5.98. The summed E-state index contributed by atoms with van der Waals surface area (Å²) in [6.07, 6.45) is 2.35. The van der Waals surface area contributed by atoms with Crippen LogP contribution in [0.2, 0.25) is 0 Å². The van der Waals surface area contributed by atoms with E-state index in [4.69, 9.17) is 10.5 Å². The summed E-state index contributed by atoms with van der Waals surface area (Å²) in [5.74, 6) is -0.215. The van der Waals surface area contributed by atoms with E-state index in [0.717, 1.165) is 25.0 Å². The lowest BCUT2D eigenvalue weighted by Gasteiger charge is -2.34. The number of nitrogen functional groups attached to an aromatic ring is 1. The fourth-order valence-electron chi connectivity index (χ4n) is 2.11. The van der Waals surface area contributed by atoms with Gasteiger partial charge in [0.05, 0.1) is 11.4 Å². The average molecular weight is 252 g/mol. The highest BCUT2D eigenvalue weighted by Crippen LogP contribution is 2.21. The van der Waals surface area contributed by atoms with Crippen LogP contribution in [-0.4, -0.2) is 34.9 Å². The summed E-state index contributed by atoms with van der Waals surface area (Å²) in [7, 11) is 0. The van der Waals surface area contributed by atoms with E-state index in [2.05, 4.69) is 15.5 Å². The van der Waals surface area contributed by atoms with Crippen LogP contribution in [0, 0.1) is 0 Å². The number of nitrogens with one attached hydrogen (secondary N) is 2. The lowest BCUT2D eigenvalue weighted by molar-refractivity contribution is 0.0421. The van der Waals surface area contributed by atoms with Crippen molar-refractivity contribution in [2.45, 2.75) is 38.6 Å². The lowest BCUT2D eigenvalue weighted by atomic mass is 9.92. The van der Waals surface area contributed by atoms with E-state index in [0.29, 0.717) is 24.6 Å². The molecule has 0 spiro atoms. The van der Waals surface area contributed by atoms with Crippen molar-refractivity contribution < 1.29 is 9.53 Å². The van der Waals surface area contributed by atoms with Crippen molar-refractivity contribution in [1.29, 1.82) is 0 Å². The topological polar surface area (TPSA) is 93.0 Å². The van der Waals surface area contributed by atoms with Crippen LogP contribution in [0.15, 0.2) is 0 Å². The highest BCUT2D eigenvalue weighted by atomic mass is 16.5. The molecule has 1 saturated heterocycles. The zero-order chi connectivity index (χ0) is 13.2. The molecule has 0 bridgehead atoms. The fourth-order valence-corrected chi connectivity index (χ4v) is 2.11. The van der Waals surface area contributed by atoms with Crippen LogP contribution in [0.1, 0.15) is 42.9 Å². The summed E-state index contributed by atoms with van der Waals surface area (Å²) in [6.45, 7) is 5.34. The van der Waals surface area contributed by atoms with Crippen LogP contribution in [-0.2, 0) is 11.2 Å². The molecule has 1 aromatic heterocycles. The monoisotopic (exact) mass is 252 g/mol. The molecule has 0 aromatic carbocycles. The summed E-state index contributed by atoms with van der Waals surface area (Å²) in [5, 5.41) is 9.79. The van der Waals surface area contributed by atoms with Crippen LogP contribution in [0.3, 0.4) is 0 Å². The number of carbonyl (C=O) groups excluding carboxylic acids is 1. The van der Waals surface area contributed by atoms with Crippen LogP contribution in [0.5, 0.6) is 0 Å². The standard InChI is InChI=1S/C12H20N4O2/c1-3-8-9(13)10(16-15-8)11(17)14-12(2)4-6-18-7-5-12/h3-7,13H2,1-2H3,(H,14,17)(H,15,16). The molecule has 1 aromatic rings. The summed E-state index contributed by atoms with van der Waals surface area (Å²) in [5.41, 5.74) is 7.20. The zero-order valence-corrected chi connectivity index (χ0v) is 10.9. The number of nitrogens with zero attached hydrogens (tertiary/aromatic N) is 1. The Kier molecular flexibility index (Phi) is 3.56. The van der Waals surface area contributed by atoms with Crippen LogP contribution >= 0.6 is 0 Å². The first-order valence-corrected chi connectivity index (χ1v) is 6.29. The number of ether oxygens (including phenoxy) is 1. The van der Waals surface area contributed by atoms with Crippen LogP contribution in [0.4, 0.5) is 5.69 Å². The number of aromatic nitrogens is 2. The molecule has 4 N–H and O–H groups in total. The molecule has 2 heterocycles. The third kappa shape index (κ3) is 2.48. The SMILES string of the molecule is CCc1[nH]nc(C(=O)NC2(C)CCOCC2)c1N. The van der Waals surface area contributed by atoms with Gasteiger partial charge in [0.25, 0.3) is 5.91 Å². The van der Waals surface area contributed by atoms with Crippen molar-refractivity contribution >= 4 is 11.6 Å². The summed E-state index contributed by atoms with van der Waals surface area (Å²) >= 11 is 0. The molecule has 6 nitrogen and oxygen atoms in total. The van der Waals surface area contributed by atoms with Gasteiger partial charge in [-0.15, -0.1) is 0 Å². The largest absolute Gasteiger partial charge is 0.395 e. The highest BCUT2D eigenvalue weighted by Gasteiger charge is 2.30. The van der Waals surface area contributed by atoms with E-state index >= 15 is 0 Å². The predicted octanol–water partition coefficient (Wildman–Crippen LogP) is 0.853. The van der Waals surface area contributed by atoms with E-state index < -0.39 is 0 Å². The number of carbonyl (C=O) groups is 1. The van der Waals surface area contributed by atoms with E-state index in [1.807, 2.05) is 13.8 Å². The molecule has 1 amide bonds. The Labute approximate surface area is 106 Å². The quantitative estimate of drug-likeness (QED) is 0.743. The normalized spacial score (nSPS) is 18.6. The third-order valence-electron chi connectivity index (χ3n) is 3.46. The minimum atomic E-state index is -0.229. The molecular weight excluding hydrogens is 232 g/mol. The maximum absolute atomic E-state index is 12.2. The molecule has 0 saturated carbocycles. The molecule has 6 heteroatoms. The Morgan fingerprint density at radius 3 is 2.78 bits per heavy atom. The van der Waals surface area contributed by atoms with Crippen LogP contribution < -0.4 is 11.1 Å². The predicted molar refractivity (Wildman–Crippen MR) is 68.3 cm³/mol. The van der Waals surface area contributed by atoms with Crippen molar-refractivity contribution in [3.63, 3.8) is 0 Å². The molecule has 1 aliphatic rings. The van der Waals surface area contributed by atoms with Gasteiger partial charge in [-0.25, -0.2) is 0 Å². The van der Waals surface area contributed by atoms with E-state index in [1.54, 1.807) is 0 Å². The average Bonchev–Trinajstić information content (AvgIpc) is 2.70. The van der Waals surface area contributed by atoms with E-state index in [1.165, 1.54) is 0 Å². The Balaban J connectivity index is 2.09. The van der Waals surface area contributed by atoms with E-state index in [-0.39, 0.29) is 11.4 Å². The van der Waals surface area contributed by atoms with Crippen molar-refractivity contribution in [2.24, 2.45) is 0 Å². The Bertz CT molecular complexity index is 435. The first kappa shape index (κ1) is 12.9. The maximum atomic E-state index is 12.2. The number of aryl methyl sites for hydroxylation is 1. The molecule has 0 unspecified atom stereocenters. The second-order valence-corrected chi connectivity index (χ2v) is 4.95. The van der Waals surface area contributed by atoms with Gasteiger partial charge in [-0.2, -0.15) is 5.10 Å². The Hall–Kier alpha value is -1.56. The Morgan fingerprint density at radius 2 is 2.22 bits per heavy atom. The van der Waals surface area contributed by atoms with Gasteiger partial charge in [0.15, 0.2) is 5.69 Å². The molecule has 2 rings (SSSR count). The first-order valence-electron chi connectivity index (χ1n) is 6.29. The Morgan fingerprint density at radius 1 is 1.56 bits per heavy atom. The van der Waals surface area contributed by atoms with Gasteiger partial charge in [-0.05, 0) is 26.2 Å². The van der Waals surface area contributed by atoms with Gasteiger partial charge < -0.3 is 15.8 Å². The minimum absolute atomic E-state index is 0.215. The van der Waals surface area contributed by atoms with Gasteiger partial charge in [0.1, 0.15) is 0 Å². The van der Waals surface area contributed by atoms with Crippen molar-refractivity contribution in [1.82, 2.24) is 15.5 Å². The van der Waals surface area contributed by atoms with Crippen molar-refractivity contribution in [3.05, 3.63) is 11.4 Å². The zero-order valence-electron chi connectivity index (χ0n) is 10.9. The van der Waals surface area contributed by atoms with Gasteiger partial charge >= 0.3 is 0 Å². The van der Waals surface area contributed by atoms with Gasteiger partial charge in [-0.1, -0.05) is 6.92 Å². The van der Waals surface area contributed by atoms with Gasteiger partial charge in [0, 0.05) is 18.8 Å². The molecule has 100 valence electrons. The van der Waals surface area contributed by atoms with Crippen molar-refractivity contribution in [2.75, 3.05) is 18.9 Å². The van der Waals surface area contributed by atoms with E-state index in [9.17, 15) is 4.79 Å². The third-order valence-corrected chi connectivity index (χ3v) is 3.46. The smallest absolute Gasteiger partial charge is 0.274 e. The number of H-pyrrole nitrogens is 1. The minimum Gasteiger partial charge on any atom is -0.395 e. The number of rotatable bonds is 3. The summed E-state index contributed by atoms with van der Waals surface area (Å²) in [6, 6.07) is 0. The fraction of sp³-hybridized carbons (Fsp3) is 0.667. The number of nitrogens with two attached hydrogens (primary N) is 1. The second-order valence-electron chi connectivity index (χ2n) is 4.95. The van der Waals surface area contributed by atoms with Gasteiger partial charge in [-0.3, -0.25) is 9.89 Å². The molecule has 1 fully saturated rings. The number of hydrogen-bond acceptors (Lipinski definition) is 4. The molecule has 0 atom stereocenters. The molecule has 1 aliphatic heterocycles. The van der Waals surface area contributed by atoms with Crippen LogP contribution in [0.25, 0.3) is 0 Å². The van der Waals surface area contributed by atoms with Gasteiger partial charge in [0.2, 0.25) is 0 Å².